The van der Waals surface area contributed by atoms with Crippen LogP contribution in [0.4, 0.5) is 5.69 Å². The lowest BCUT2D eigenvalue weighted by molar-refractivity contribution is 0.320. The topological polar surface area (TPSA) is 75.6 Å². The summed E-state index contributed by atoms with van der Waals surface area (Å²) in [5.41, 5.74) is 1.30. The summed E-state index contributed by atoms with van der Waals surface area (Å²) in [6.07, 6.45) is 0. The molecule has 0 aliphatic carbocycles. The molecule has 0 fully saturated rings. The van der Waals surface area contributed by atoms with Gasteiger partial charge in [0.2, 0.25) is 10.0 Å². The molecule has 0 atom stereocenters. The average molecular weight is 245 g/mol. The Labute approximate surface area is 95.1 Å². The van der Waals surface area contributed by atoms with E-state index in [2.05, 4.69) is 4.72 Å². The van der Waals surface area contributed by atoms with Gasteiger partial charge in [0.15, 0.2) is 0 Å². The van der Waals surface area contributed by atoms with Crippen LogP contribution in [-0.2, 0) is 10.0 Å². The van der Waals surface area contributed by atoms with Crippen LogP contribution in [0.25, 0.3) is 0 Å². The van der Waals surface area contributed by atoms with Crippen molar-refractivity contribution in [1.29, 1.82) is 0 Å². The van der Waals surface area contributed by atoms with E-state index in [1.807, 2.05) is 6.92 Å². The Balaban J connectivity index is 2.87. The fourth-order valence-corrected chi connectivity index (χ4v) is 2.12. The molecule has 0 saturated carbocycles. The largest absolute Gasteiger partial charge is 0.496 e. The van der Waals surface area contributed by atoms with Gasteiger partial charge in [0.25, 0.3) is 0 Å². The highest BCUT2D eigenvalue weighted by Gasteiger charge is 2.10. The van der Waals surface area contributed by atoms with Crippen LogP contribution in [0.1, 0.15) is 5.56 Å². The normalized spacial score (nSPS) is 11.2. The van der Waals surface area contributed by atoms with Crippen molar-refractivity contribution in [3.8, 4) is 5.75 Å². The number of aliphatic hydroxyl groups excluding tert-OH is 1. The highest BCUT2D eigenvalue weighted by molar-refractivity contribution is 7.92. The molecule has 0 aromatic heterocycles. The lowest BCUT2D eigenvalue weighted by atomic mass is 10.2. The maximum atomic E-state index is 11.4. The van der Waals surface area contributed by atoms with Crippen LogP contribution in [-0.4, -0.2) is 33.0 Å². The third-order valence-corrected chi connectivity index (χ3v) is 3.29. The third-order valence-electron chi connectivity index (χ3n) is 2.03. The molecule has 0 unspecified atom stereocenters. The van der Waals surface area contributed by atoms with Gasteiger partial charge in [-0.05, 0) is 30.7 Å². The van der Waals surface area contributed by atoms with Crippen molar-refractivity contribution in [2.75, 3.05) is 24.2 Å². The van der Waals surface area contributed by atoms with Gasteiger partial charge < -0.3 is 9.84 Å². The molecule has 6 heteroatoms. The SMILES string of the molecule is COc1ccc(NS(=O)(=O)CCO)cc1C. The zero-order valence-electron chi connectivity index (χ0n) is 9.23. The van der Waals surface area contributed by atoms with Gasteiger partial charge in [-0.25, -0.2) is 8.42 Å². The van der Waals surface area contributed by atoms with Gasteiger partial charge in [-0.15, -0.1) is 0 Å². The molecule has 0 saturated heterocycles. The molecule has 2 N–H and O–H groups in total. The van der Waals surface area contributed by atoms with Crippen LogP contribution < -0.4 is 9.46 Å². The van der Waals surface area contributed by atoms with Crippen molar-refractivity contribution < 1.29 is 18.3 Å². The molecule has 16 heavy (non-hydrogen) atoms. The maximum Gasteiger partial charge on any atom is 0.234 e. The average Bonchev–Trinajstić information content (AvgIpc) is 2.17. The number of aliphatic hydroxyl groups is 1. The van der Waals surface area contributed by atoms with Crippen LogP contribution in [0.15, 0.2) is 18.2 Å². The number of sulfonamides is 1. The summed E-state index contributed by atoms with van der Waals surface area (Å²) in [6, 6.07) is 4.97. The Bertz CT molecular complexity index is 456. The van der Waals surface area contributed by atoms with Crippen LogP contribution in [0.2, 0.25) is 0 Å². The first kappa shape index (κ1) is 12.8. The van der Waals surface area contributed by atoms with E-state index in [1.165, 1.54) is 0 Å². The third kappa shape index (κ3) is 3.39. The monoisotopic (exact) mass is 245 g/mol. The molecule has 0 spiro atoms. The Hall–Kier alpha value is -1.27. The van der Waals surface area contributed by atoms with E-state index in [9.17, 15) is 8.42 Å². The first-order valence-corrected chi connectivity index (χ1v) is 6.40. The van der Waals surface area contributed by atoms with E-state index in [1.54, 1.807) is 25.3 Å². The second-order valence-electron chi connectivity index (χ2n) is 3.33. The molecular formula is C10H15NO4S. The van der Waals surface area contributed by atoms with Crippen LogP contribution in [0.5, 0.6) is 5.75 Å². The molecule has 0 radical (unpaired) electrons. The molecule has 1 aromatic rings. The van der Waals surface area contributed by atoms with Gasteiger partial charge in [0, 0.05) is 5.69 Å². The lowest BCUT2D eigenvalue weighted by Gasteiger charge is -2.09. The smallest absolute Gasteiger partial charge is 0.234 e. The summed E-state index contributed by atoms with van der Waals surface area (Å²) in [7, 11) is -1.91. The number of hydrogen-bond donors (Lipinski definition) is 2. The highest BCUT2D eigenvalue weighted by atomic mass is 32.2. The molecule has 0 amide bonds. The minimum atomic E-state index is -3.46. The number of methoxy groups -OCH3 is 1. The number of hydrogen-bond acceptors (Lipinski definition) is 4. The van der Waals surface area contributed by atoms with Gasteiger partial charge in [0.1, 0.15) is 5.75 Å². The number of anilines is 1. The summed E-state index contributed by atoms with van der Waals surface area (Å²) in [6.45, 7) is 1.42. The first-order valence-electron chi connectivity index (χ1n) is 4.74. The molecule has 0 aliphatic heterocycles. The van der Waals surface area contributed by atoms with E-state index in [-0.39, 0.29) is 5.75 Å². The summed E-state index contributed by atoms with van der Waals surface area (Å²) >= 11 is 0. The Morgan fingerprint density at radius 1 is 1.44 bits per heavy atom. The predicted octanol–water partition coefficient (Wildman–Crippen LogP) is 0.738. The van der Waals surface area contributed by atoms with E-state index in [0.29, 0.717) is 11.4 Å². The highest BCUT2D eigenvalue weighted by Crippen LogP contribution is 2.21. The number of aryl methyl sites for hydroxylation is 1. The van der Waals surface area contributed by atoms with Crippen LogP contribution >= 0.6 is 0 Å². The molecule has 1 aromatic carbocycles. The minimum Gasteiger partial charge on any atom is -0.496 e. The van der Waals surface area contributed by atoms with E-state index >= 15 is 0 Å². The summed E-state index contributed by atoms with van der Waals surface area (Å²) in [4.78, 5) is 0. The van der Waals surface area contributed by atoms with Gasteiger partial charge in [-0.1, -0.05) is 0 Å². The van der Waals surface area contributed by atoms with Gasteiger partial charge >= 0.3 is 0 Å². The van der Waals surface area contributed by atoms with Crippen molar-refractivity contribution in [1.82, 2.24) is 0 Å². The minimum absolute atomic E-state index is 0.307. The number of nitrogens with one attached hydrogen (secondary N) is 1. The summed E-state index contributed by atoms with van der Waals surface area (Å²) < 4.78 is 30.2. The van der Waals surface area contributed by atoms with Crippen molar-refractivity contribution in [2.45, 2.75) is 6.92 Å². The van der Waals surface area contributed by atoms with Crippen molar-refractivity contribution >= 4 is 15.7 Å². The van der Waals surface area contributed by atoms with Crippen molar-refractivity contribution in [2.24, 2.45) is 0 Å². The second kappa shape index (κ2) is 5.18. The number of ether oxygens (including phenoxy) is 1. The van der Waals surface area contributed by atoms with Crippen LogP contribution in [0, 0.1) is 6.92 Å². The molecular weight excluding hydrogens is 230 g/mol. The van der Waals surface area contributed by atoms with Crippen molar-refractivity contribution in [3.63, 3.8) is 0 Å². The van der Waals surface area contributed by atoms with Gasteiger partial charge in [0.05, 0.1) is 19.5 Å². The molecule has 1 rings (SSSR count). The van der Waals surface area contributed by atoms with E-state index < -0.39 is 16.6 Å². The number of rotatable bonds is 5. The Kier molecular flexibility index (Phi) is 4.14. The standard InChI is InChI=1S/C10H15NO4S/c1-8-7-9(3-4-10(8)15-2)11-16(13,14)6-5-12/h3-4,7,11-12H,5-6H2,1-2H3. The quantitative estimate of drug-likeness (QED) is 0.802. The molecule has 0 heterocycles. The molecule has 0 bridgehead atoms. The van der Waals surface area contributed by atoms with Crippen LogP contribution in [0.3, 0.4) is 0 Å². The Morgan fingerprint density at radius 2 is 2.12 bits per heavy atom. The van der Waals surface area contributed by atoms with Gasteiger partial charge in [-0.3, -0.25) is 4.72 Å². The molecule has 0 aliphatic rings. The number of benzene rings is 1. The fraction of sp³-hybridized carbons (Fsp3) is 0.400. The first-order chi connectivity index (χ1) is 7.48. The van der Waals surface area contributed by atoms with Gasteiger partial charge in [-0.2, -0.15) is 0 Å². The van der Waals surface area contributed by atoms with E-state index in [4.69, 9.17) is 9.84 Å². The predicted molar refractivity (Wildman–Crippen MR) is 62.2 cm³/mol. The van der Waals surface area contributed by atoms with E-state index in [0.717, 1.165) is 5.56 Å². The molecule has 90 valence electrons. The maximum absolute atomic E-state index is 11.4. The zero-order chi connectivity index (χ0) is 12.2. The second-order valence-corrected chi connectivity index (χ2v) is 5.17. The summed E-state index contributed by atoms with van der Waals surface area (Å²) in [5, 5.41) is 8.58. The summed E-state index contributed by atoms with van der Waals surface area (Å²) in [5.74, 6) is 0.392. The zero-order valence-corrected chi connectivity index (χ0v) is 10.0. The molecule has 5 nitrogen and oxygen atoms in total. The van der Waals surface area contributed by atoms with Crippen molar-refractivity contribution in [3.05, 3.63) is 23.8 Å². The Morgan fingerprint density at radius 3 is 2.62 bits per heavy atom. The fourth-order valence-electron chi connectivity index (χ4n) is 1.29. The lowest BCUT2D eigenvalue weighted by Crippen LogP contribution is -2.18.